The third-order valence-electron chi connectivity index (χ3n) is 4.52. The van der Waals surface area contributed by atoms with E-state index in [1.54, 1.807) is 12.4 Å². The number of pyridine rings is 1. The standard InChI is InChI=1S/C20H19N3O2/c24-19(16-12-15-8-4-5-9-17(15)22-13-16)23-18(20-21-10-11-25-20)14-6-2-1-3-7-14/h4-6,8-13,18H,1-3,7H2,(H,23,24). The molecule has 0 spiro atoms. The van der Waals surface area contributed by atoms with E-state index in [2.05, 4.69) is 21.4 Å². The molecule has 126 valence electrons. The van der Waals surface area contributed by atoms with Gasteiger partial charge < -0.3 is 9.73 Å². The van der Waals surface area contributed by atoms with E-state index in [1.807, 2.05) is 30.3 Å². The van der Waals surface area contributed by atoms with E-state index in [0.717, 1.165) is 35.7 Å². The summed E-state index contributed by atoms with van der Waals surface area (Å²) in [5.74, 6) is 0.350. The van der Waals surface area contributed by atoms with Gasteiger partial charge in [-0.15, -0.1) is 0 Å². The highest BCUT2D eigenvalue weighted by molar-refractivity contribution is 5.97. The first-order valence-corrected chi connectivity index (χ1v) is 8.55. The lowest BCUT2D eigenvalue weighted by Gasteiger charge is -2.22. The highest BCUT2D eigenvalue weighted by atomic mass is 16.3. The van der Waals surface area contributed by atoms with Crippen molar-refractivity contribution in [2.45, 2.75) is 31.7 Å². The maximum absolute atomic E-state index is 12.8. The Hall–Kier alpha value is -2.95. The molecule has 0 radical (unpaired) electrons. The lowest BCUT2D eigenvalue weighted by Crippen LogP contribution is -2.30. The molecular weight excluding hydrogens is 314 g/mol. The van der Waals surface area contributed by atoms with Gasteiger partial charge in [-0.05, 0) is 43.4 Å². The van der Waals surface area contributed by atoms with Crippen molar-refractivity contribution in [3.05, 3.63) is 72.1 Å². The van der Waals surface area contributed by atoms with Gasteiger partial charge in [0.1, 0.15) is 12.3 Å². The van der Waals surface area contributed by atoms with Crippen molar-refractivity contribution in [3.63, 3.8) is 0 Å². The SMILES string of the molecule is O=C(NC(C1=CCCCC1)c1ncco1)c1cnc2ccccc2c1. The van der Waals surface area contributed by atoms with Crippen LogP contribution in [0.25, 0.3) is 10.9 Å². The molecule has 1 unspecified atom stereocenters. The molecule has 0 fully saturated rings. The number of para-hydroxylation sites is 1. The second-order valence-electron chi connectivity index (χ2n) is 6.22. The number of hydrogen-bond acceptors (Lipinski definition) is 4. The number of fused-ring (bicyclic) bond motifs is 1. The van der Waals surface area contributed by atoms with Crippen LogP contribution < -0.4 is 5.32 Å². The summed E-state index contributed by atoms with van der Waals surface area (Å²) in [5.41, 5.74) is 2.57. The zero-order valence-electron chi connectivity index (χ0n) is 13.8. The number of rotatable bonds is 4. The Balaban J connectivity index is 1.62. The Bertz CT molecular complexity index is 916. The molecule has 1 atom stereocenters. The van der Waals surface area contributed by atoms with Gasteiger partial charge in [-0.1, -0.05) is 24.3 Å². The summed E-state index contributed by atoms with van der Waals surface area (Å²) in [6.45, 7) is 0. The molecule has 3 aromatic rings. The molecule has 0 aliphatic heterocycles. The number of carbonyl (C=O) groups is 1. The van der Waals surface area contributed by atoms with Crippen molar-refractivity contribution < 1.29 is 9.21 Å². The van der Waals surface area contributed by atoms with Crippen LogP contribution in [-0.2, 0) is 0 Å². The minimum absolute atomic E-state index is 0.173. The van der Waals surface area contributed by atoms with Crippen LogP contribution in [0.2, 0.25) is 0 Å². The van der Waals surface area contributed by atoms with Crippen LogP contribution in [0.3, 0.4) is 0 Å². The maximum Gasteiger partial charge on any atom is 0.253 e. The summed E-state index contributed by atoms with van der Waals surface area (Å²) >= 11 is 0. The molecule has 1 N–H and O–H groups in total. The molecule has 1 aliphatic carbocycles. The largest absolute Gasteiger partial charge is 0.446 e. The lowest BCUT2D eigenvalue weighted by molar-refractivity contribution is 0.0936. The Labute approximate surface area is 145 Å². The number of carbonyl (C=O) groups excluding carboxylic acids is 1. The van der Waals surface area contributed by atoms with Crippen molar-refractivity contribution in [3.8, 4) is 0 Å². The fourth-order valence-corrected chi connectivity index (χ4v) is 3.22. The quantitative estimate of drug-likeness (QED) is 0.727. The minimum Gasteiger partial charge on any atom is -0.446 e. The summed E-state index contributed by atoms with van der Waals surface area (Å²) in [7, 11) is 0. The van der Waals surface area contributed by atoms with Crippen molar-refractivity contribution in [2.24, 2.45) is 0 Å². The first-order chi connectivity index (χ1) is 12.3. The number of aromatic nitrogens is 2. The van der Waals surface area contributed by atoms with Crippen LogP contribution in [0.5, 0.6) is 0 Å². The average Bonchev–Trinajstić information content (AvgIpc) is 3.20. The Morgan fingerprint density at radius 1 is 1.20 bits per heavy atom. The molecular formula is C20H19N3O2. The molecule has 25 heavy (non-hydrogen) atoms. The molecule has 5 heteroatoms. The summed E-state index contributed by atoms with van der Waals surface area (Å²) in [4.78, 5) is 21.4. The van der Waals surface area contributed by atoms with Crippen molar-refractivity contribution in [1.82, 2.24) is 15.3 Å². The normalized spacial score (nSPS) is 15.6. The van der Waals surface area contributed by atoms with Crippen LogP contribution in [-0.4, -0.2) is 15.9 Å². The number of nitrogens with zero attached hydrogens (tertiary/aromatic N) is 2. The predicted molar refractivity (Wildman–Crippen MR) is 95.0 cm³/mol. The number of allylic oxidation sites excluding steroid dienone is 1. The molecule has 1 aromatic carbocycles. The van der Waals surface area contributed by atoms with E-state index >= 15 is 0 Å². The van der Waals surface area contributed by atoms with E-state index in [9.17, 15) is 4.79 Å². The van der Waals surface area contributed by atoms with E-state index in [-0.39, 0.29) is 11.9 Å². The third-order valence-corrected chi connectivity index (χ3v) is 4.52. The molecule has 0 bridgehead atoms. The molecule has 0 saturated carbocycles. The molecule has 2 aromatic heterocycles. The van der Waals surface area contributed by atoms with Crippen molar-refractivity contribution in [1.29, 1.82) is 0 Å². The van der Waals surface area contributed by atoms with Gasteiger partial charge in [-0.2, -0.15) is 0 Å². The van der Waals surface area contributed by atoms with Crippen LogP contribution in [0.4, 0.5) is 0 Å². The molecule has 5 nitrogen and oxygen atoms in total. The maximum atomic E-state index is 12.8. The molecule has 4 rings (SSSR count). The van der Waals surface area contributed by atoms with E-state index in [1.165, 1.54) is 12.7 Å². The Morgan fingerprint density at radius 3 is 2.92 bits per heavy atom. The lowest BCUT2D eigenvalue weighted by atomic mass is 9.93. The Morgan fingerprint density at radius 2 is 2.12 bits per heavy atom. The molecule has 1 amide bonds. The Kier molecular flexibility index (Phi) is 4.29. The van der Waals surface area contributed by atoms with Gasteiger partial charge in [0, 0.05) is 11.6 Å². The first kappa shape index (κ1) is 15.6. The monoisotopic (exact) mass is 333 g/mol. The highest BCUT2D eigenvalue weighted by Gasteiger charge is 2.24. The third kappa shape index (κ3) is 3.31. The topological polar surface area (TPSA) is 68.0 Å². The zero-order chi connectivity index (χ0) is 17.1. The first-order valence-electron chi connectivity index (χ1n) is 8.55. The number of hydrogen-bond donors (Lipinski definition) is 1. The number of amides is 1. The number of benzene rings is 1. The van der Waals surface area contributed by atoms with Gasteiger partial charge in [0.25, 0.3) is 5.91 Å². The highest BCUT2D eigenvalue weighted by Crippen LogP contribution is 2.29. The van der Waals surface area contributed by atoms with Gasteiger partial charge in [-0.3, -0.25) is 9.78 Å². The van der Waals surface area contributed by atoms with Gasteiger partial charge in [0.2, 0.25) is 5.89 Å². The fourth-order valence-electron chi connectivity index (χ4n) is 3.22. The second-order valence-corrected chi connectivity index (χ2v) is 6.22. The molecule has 0 saturated heterocycles. The van der Waals surface area contributed by atoms with Crippen LogP contribution in [0, 0.1) is 0 Å². The summed E-state index contributed by atoms with van der Waals surface area (Å²) in [5, 5.41) is 4.01. The fraction of sp³-hybridized carbons (Fsp3) is 0.250. The van der Waals surface area contributed by atoms with Crippen LogP contribution in [0.1, 0.15) is 48.0 Å². The van der Waals surface area contributed by atoms with Crippen molar-refractivity contribution >= 4 is 16.8 Å². The molecule has 2 heterocycles. The summed E-state index contributed by atoms with van der Waals surface area (Å²) in [6.07, 6.45) is 11.2. The second kappa shape index (κ2) is 6.89. The van der Waals surface area contributed by atoms with Gasteiger partial charge in [0.05, 0.1) is 17.3 Å². The van der Waals surface area contributed by atoms with E-state index in [0.29, 0.717) is 11.5 Å². The van der Waals surface area contributed by atoms with E-state index < -0.39 is 0 Å². The number of nitrogens with one attached hydrogen (secondary N) is 1. The van der Waals surface area contributed by atoms with Crippen LogP contribution in [0.15, 0.2) is 65.1 Å². The predicted octanol–water partition coefficient (Wildman–Crippen LogP) is 4.19. The zero-order valence-corrected chi connectivity index (χ0v) is 13.8. The average molecular weight is 333 g/mol. The smallest absolute Gasteiger partial charge is 0.253 e. The molecule has 1 aliphatic rings. The van der Waals surface area contributed by atoms with Gasteiger partial charge >= 0.3 is 0 Å². The van der Waals surface area contributed by atoms with Gasteiger partial charge in [-0.25, -0.2) is 4.98 Å². The van der Waals surface area contributed by atoms with Gasteiger partial charge in [0.15, 0.2) is 0 Å². The van der Waals surface area contributed by atoms with E-state index in [4.69, 9.17) is 4.42 Å². The van der Waals surface area contributed by atoms with Crippen molar-refractivity contribution in [2.75, 3.05) is 0 Å². The summed E-state index contributed by atoms with van der Waals surface area (Å²) < 4.78 is 5.47. The summed E-state index contributed by atoms with van der Waals surface area (Å²) in [6, 6.07) is 9.29. The van der Waals surface area contributed by atoms with Crippen LogP contribution >= 0.6 is 0 Å². The minimum atomic E-state index is -0.325. The number of oxazole rings is 1.